The molecule has 35 heavy (non-hydrogen) atoms. The molecule has 0 aromatic heterocycles. The zero-order valence-corrected chi connectivity index (χ0v) is 20.5. The Kier molecular flexibility index (Phi) is 9.17. The van der Waals surface area contributed by atoms with Crippen molar-refractivity contribution in [3.8, 4) is 11.5 Å². The number of amides is 2. The smallest absolute Gasteiger partial charge is 0.341 e. The molecule has 3 N–H and O–H groups in total. The number of urea groups is 1. The molecule has 1 aliphatic carbocycles. The van der Waals surface area contributed by atoms with Crippen molar-refractivity contribution in [2.24, 2.45) is 5.92 Å². The van der Waals surface area contributed by atoms with Gasteiger partial charge in [0.05, 0.1) is 18.5 Å². The predicted octanol–water partition coefficient (Wildman–Crippen LogP) is 5.74. The number of rotatable bonds is 10. The number of carbonyl (C=O) groups is 2. The Morgan fingerprint density at radius 2 is 1.86 bits per heavy atom. The molecule has 0 aliphatic heterocycles. The highest BCUT2D eigenvalue weighted by molar-refractivity contribution is 6.02. The SMILES string of the molecule is COc1ccc(NC(=O)Nc2cc(OCC(=O)O)ccc2N(CC(C)C)C2CCCCC2)cc1F. The summed E-state index contributed by atoms with van der Waals surface area (Å²) in [5.74, 6) is -0.876. The minimum Gasteiger partial charge on any atom is -0.494 e. The third kappa shape index (κ3) is 7.50. The van der Waals surface area contributed by atoms with Gasteiger partial charge in [-0.1, -0.05) is 33.1 Å². The number of anilines is 3. The molecule has 8 nitrogen and oxygen atoms in total. The number of aliphatic carboxylic acids is 1. The first-order chi connectivity index (χ1) is 16.8. The number of ether oxygens (including phenoxy) is 2. The number of carbonyl (C=O) groups excluding carboxylic acids is 1. The third-order valence-electron chi connectivity index (χ3n) is 5.87. The van der Waals surface area contributed by atoms with E-state index in [0.717, 1.165) is 37.9 Å². The molecule has 1 aliphatic rings. The van der Waals surface area contributed by atoms with Crippen LogP contribution in [0, 0.1) is 11.7 Å². The Balaban J connectivity index is 1.89. The Bertz CT molecular complexity index is 1020. The second-order valence-corrected chi connectivity index (χ2v) is 9.13. The van der Waals surface area contributed by atoms with Crippen LogP contribution in [0.3, 0.4) is 0 Å². The lowest BCUT2D eigenvalue weighted by molar-refractivity contribution is -0.139. The number of carboxylic acid groups (broad SMARTS) is 1. The summed E-state index contributed by atoms with van der Waals surface area (Å²) in [6.45, 7) is 4.62. The van der Waals surface area contributed by atoms with Crippen molar-refractivity contribution < 1.29 is 28.6 Å². The fourth-order valence-electron chi connectivity index (χ4n) is 4.36. The highest BCUT2D eigenvalue weighted by atomic mass is 19.1. The monoisotopic (exact) mass is 487 g/mol. The van der Waals surface area contributed by atoms with Gasteiger partial charge in [0.1, 0.15) is 5.75 Å². The average Bonchev–Trinajstić information content (AvgIpc) is 2.82. The summed E-state index contributed by atoms with van der Waals surface area (Å²) < 4.78 is 24.3. The maximum absolute atomic E-state index is 14.1. The normalized spacial score (nSPS) is 13.9. The van der Waals surface area contributed by atoms with E-state index in [4.69, 9.17) is 14.6 Å². The molecule has 2 aromatic carbocycles. The van der Waals surface area contributed by atoms with Crippen LogP contribution in [0.25, 0.3) is 0 Å². The summed E-state index contributed by atoms with van der Waals surface area (Å²) in [6.07, 6.45) is 5.68. The van der Waals surface area contributed by atoms with Crippen LogP contribution in [-0.2, 0) is 4.79 Å². The molecule has 190 valence electrons. The molecule has 0 radical (unpaired) electrons. The molecule has 3 rings (SSSR count). The van der Waals surface area contributed by atoms with Crippen molar-refractivity contribution in [3.63, 3.8) is 0 Å². The molecule has 2 aromatic rings. The van der Waals surface area contributed by atoms with Gasteiger partial charge in [-0.3, -0.25) is 0 Å². The van der Waals surface area contributed by atoms with Crippen molar-refractivity contribution in [1.29, 1.82) is 0 Å². The van der Waals surface area contributed by atoms with Gasteiger partial charge in [0, 0.05) is 30.4 Å². The van der Waals surface area contributed by atoms with E-state index in [1.54, 1.807) is 18.2 Å². The predicted molar refractivity (Wildman–Crippen MR) is 134 cm³/mol. The molecule has 0 spiro atoms. The molecular formula is C26H34FN3O5. The molecule has 0 atom stereocenters. The fourth-order valence-corrected chi connectivity index (χ4v) is 4.36. The molecule has 0 unspecified atom stereocenters. The summed E-state index contributed by atoms with van der Waals surface area (Å²) in [5, 5.41) is 14.5. The van der Waals surface area contributed by atoms with Crippen LogP contribution < -0.4 is 25.0 Å². The first-order valence-corrected chi connectivity index (χ1v) is 11.9. The van der Waals surface area contributed by atoms with Gasteiger partial charge < -0.3 is 30.1 Å². The van der Waals surface area contributed by atoms with E-state index < -0.39 is 24.4 Å². The standard InChI is InChI=1S/C26H34FN3O5/c1-17(2)15-30(19-7-5-4-6-8-19)23-11-10-20(35-16-25(31)32)14-22(23)29-26(33)28-18-9-12-24(34-3)21(27)13-18/h9-14,17,19H,4-8,15-16H2,1-3H3,(H,31,32)(H2,28,29,33). The lowest BCUT2D eigenvalue weighted by atomic mass is 9.93. The van der Waals surface area contributed by atoms with Crippen molar-refractivity contribution in [3.05, 3.63) is 42.2 Å². The molecule has 0 bridgehead atoms. The minimum atomic E-state index is -1.09. The van der Waals surface area contributed by atoms with Crippen LogP contribution in [-0.4, -0.2) is 43.4 Å². The van der Waals surface area contributed by atoms with Crippen molar-refractivity contribution >= 4 is 29.1 Å². The topological polar surface area (TPSA) is 100 Å². The van der Waals surface area contributed by atoms with Gasteiger partial charge in [0.25, 0.3) is 0 Å². The number of nitrogens with zero attached hydrogens (tertiary/aromatic N) is 1. The second kappa shape index (κ2) is 12.3. The van der Waals surface area contributed by atoms with Crippen LogP contribution in [0.1, 0.15) is 46.0 Å². The maximum Gasteiger partial charge on any atom is 0.341 e. The fraction of sp³-hybridized carbons (Fsp3) is 0.462. The highest BCUT2D eigenvalue weighted by Crippen LogP contribution is 2.36. The molecule has 9 heteroatoms. The van der Waals surface area contributed by atoms with Crippen LogP contribution in [0.4, 0.5) is 26.2 Å². The van der Waals surface area contributed by atoms with Crippen LogP contribution in [0.2, 0.25) is 0 Å². The molecule has 2 amide bonds. The number of methoxy groups -OCH3 is 1. The zero-order valence-electron chi connectivity index (χ0n) is 20.5. The second-order valence-electron chi connectivity index (χ2n) is 9.13. The van der Waals surface area contributed by atoms with Gasteiger partial charge in [-0.15, -0.1) is 0 Å². The van der Waals surface area contributed by atoms with Gasteiger partial charge >= 0.3 is 12.0 Å². The molecule has 0 saturated heterocycles. The summed E-state index contributed by atoms with van der Waals surface area (Å²) in [6, 6.07) is 9.15. The first-order valence-electron chi connectivity index (χ1n) is 11.9. The van der Waals surface area contributed by atoms with Crippen molar-refractivity contribution in [1.82, 2.24) is 0 Å². The average molecular weight is 488 g/mol. The van der Waals surface area contributed by atoms with E-state index >= 15 is 0 Å². The van der Waals surface area contributed by atoms with E-state index in [-0.39, 0.29) is 11.4 Å². The summed E-state index contributed by atoms with van der Waals surface area (Å²) in [5.41, 5.74) is 1.60. The lowest BCUT2D eigenvalue weighted by Gasteiger charge is -2.38. The van der Waals surface area contributed by atoms with E-state index in [0.29, 0.717) is 23.4 Å². The molecule has 1 saturated carbocycles. The summed E-state index contributed by atoms with van der Waals surface area (Å²) in [4.78, 5) is 26.2. The van der Waals surface area contributed by atoms with Gasteiger partial charge in [-0.2, -0.15) is 0 Å². The Hall–Kier alpha value is -3.49. The molecular weight excluding hydrogens is 453 g/mol. The Morgan fingerprint density at radius 3 is 2.49 bits per heavy atom. The summed E-state index contributed by atoms with van der Waals surface area (Å²) >= 11 is 0. The van der Waals surface area contributed by atoms with E-state index in [1.807, 2.05) is 6.07 Å². The quantitative estimate of drug-likeness (QED) is 0.395. The van der Waals surface area contributed by atoms with Crippen LogP contribution >= 0.6 is 0 Å². The van der Waals surface area contributed by atoms with E-state index in [9.17, 15) is 14.0 Å². The van der Waals surface area contributed by atoms with Gasteiger partial charge in [0.15, 0.2) is 18.2 Å². The Morgan fingerprint density at radius 1 is 1.11 bits per heavy atom. The molecule has 0 heterocycles. The van der Waals surface area contributed by atoms with Crippen molar-refractivity contribution in [2.45, 2.75) is 52.0 Å². The van der Waals surface area contributed by atoms with Crippen LogP contribution in [0.5, 0.6) is 11.5 Å². The largest absolute Gasteiger partial charge is 0.494 e. The number of benzene rings is 2. The molecule has 1 fully saturated rings. The van der Waals surface area contributed by atoms with E-state index in [1.165, 1.54) is 25.7 Å². The van der Waals surface area contributed by atoms with Gasteiger partial charge in [-0.25, -0.2) is 14.0 Å². The van der Waals surface area contributed by atoms with Crippen LogP contribution in [0.15, 0.2) is 36.4 Å². The first kappa shape index (κ1) is 26.1. The number of hydrogen-bond acceptors (Lipinski definition) is 5. The summed E-state index contributed by atoms with van der Waals surface area (Å²) in [7, 11) is 1.37. The van der Waals surface area contributed by atoms with Crippen molar-refractivity contribution in [2.75, 3.05) is 35.8 Å². The Labute approximate surface area is 205 Å². The zero-order chi connectivity index (χ0) is 25.4. The third-order valence-corrected chi connectivity index (χ3v) is 5.87. The number of carboxylic acids is 1. The van der Waals surface area contributed by atoms with Gasteiger partial charge in [-0.05, 0) is 43.0 Å². The number of hydrogen-bond donors (Lipinski definition) is 3. The minimum absolute atomic E-state index is 0.0818. The lowest BCUT2D eigenvalue weighted by Crippen LogP contribution is -2.40. The highest BCUT2D eigenvalue weighted by Gasteiger charge is 2.25. The van der Waals surface area contributed by atoms with E-state index in [2.05, 4.69) is 29.4 Å². The number of halogens is 1. The van der Waals surface area contributed by atoms with Gasteiger partial charge in [0.2, 0.25) is 0 Å². The number of nitrogens with one attached hydrogen (secondary N) is 2. The maximum atomic E-state index is 14.1.